The Hall–Kier alpha value is -0.900. The largest absolute Gasteiger partial charge is 0.465 e. The van der Waals surface area contributed by atoms with Gasteiger partial charge in [-0.1, -0.05) is 0 Å². The fourth-order valence-electron chi connectivity index (χ4n) is 0.929. The Balaban J connectivity index is 3.26. The van der Waals surface area contributed by atoms with Crippen molar-refractivity contribution in [1.29, 1.82) is 0 Å². The highest BCUT2D eigenvalue weighted by Crippen LogP contribution is 2.24. The van der Waals surface area contributed by atoms with Crippen molar-refractivity contribution in [2.24, 2.45) is 0 Å². The van der Waals surface area contributed by atoms with Crippen LogP contribution in [0.1, 0.15) is 15.9 Å². The van der Waals surface area contributed by atoms with Gasteiger partial charge in [0, 0.05) is 4.47 Å². The minimum Gasteiger partial charge on any atom is -0.465 e. The summed E-state index contributed by atoms with van der Waals surface area (Å²) in [6.45, 7) is 1.59. The lowest BCUT2D eigenvalue weighted by atomic mass is 10.1. The SMILES string of the molecule is COC(=O)c1ccc(F)c(C)c1Br. The molecule has 1 aromatic carbocycles. The van der Waals surface area contributed by atoms with Gasteiger partial charge in [0.2, 0.25) is 0 Å². The predicted octanol–water partition coefficient (Wildman–Crippen LogP) is 2.68. The highest BCUT2D eigenvalue weighted by molar-refractivity contribution is 9.10. The zero-order valence-electron chi connectivity index (χ0n) is 7.23. The molecular weight excluding hydrogens is 239 g/mol. The number of rotatable bonds is 1. The molecule has 0 aliphatic carbocycles. The van der Waals surface area contributed by atoms with Gasteiger partial charge in [-0.25, -0.2) is 9.18 Å². The summed E-state index contributed by atoms with van der Waals surface area (Å²) in [7, 11) is 1.29. The Bertz CT molecular complexity index is 350. The Kier molecular flexibility index (Phi) is 3.03. The molecule has 0 saturated carbocycles. The van der Waals surface area contributed by atoms with Crippen molar-refractivity contribution in [3.8, 4) is 0 Å². The fraction of sp³-hybridized carbons (Fsp3) is 0.222. The van der Waals surface area contributed by atoms with E-state index in [0.717, 1.165) is 0 Å². The summed E-state index contributed by atoms with van der Waals surface area (Å²) in [5, 5.41) is 0. The van der Waals surface area contributed by atoms with E-state index in [-0.39, 0.29) is 5.82 Å². The van der Waals surface area contributed by atoms with Crippen molar-refractivity contribution < 1.29 is 13.9 Å². The van der Waals surface area contributed by atoms with Gasteiger partial charge in [-0.3, -0.25) is 0 Å². The number of esters is 1. The molecule has 0 N–H and O–H groups in total. The van der Waals surface area contributed by atoms with Crippen LogP contribution in [0.5, 0.6) is 0 Å². The van der Waals surface area contributed by atoms with Crippen LogP contribution in [0, 0.1) is 12.7 Å². The molecule has 1 rings (SSSR count). The molecule has 13 heavy (non-hydrogen) atoms. The van der Waals surface area contributed by atoms with Crippen LogP contribution in [0.15, 0.2) is 16.6 Å². The lowest BCUT2D eigenvalue weighted by Crippen LogP contribution is -2.03. The Morgan fingerprint density at radius 1 is 1.54 bits per heavy atom. The molecule has 0 aliphatic heterocycles. The Labute approximate surface area is 83.8 Å². The first-order valence-corrected chi connectivity index (χ1v) is 4.40. The maximum Gasteiger partial charge on any atom is 0.339 e. The van der Waals surface area contributed by atoms with Crippen molar-refractivity contribution in [3.63, 3.8) is 0 Å². The van der Waals surface area contributed by atoms with Gasteiger partial charge in [-0.05, 0) is 40.5 Å². The maximum atomic E-state index is 12.9. The van der Waals surface area contributed by atoms with Crippen molar-refractivity contribution in [2.45, 2.75) is 6.92 Å². The van der Waals surface area contributed by atoms with Crippen LogP contribution in [0.25, 0.3) is 0 Å². The highest BCUT2D eigenvalue weighted by atomic mass is 79.9. The first kappa shape index (κ1) is 10.2. The third-order valence-corrected chi connectivity index (χ3v) is 2.75. The van der Waals surface area contributed by atoms with Crippen molar-refractivity contribution in [3.05, 3.63) is 33.5 Å². The normalized spacial score (nSPS) is 9.85. The number of halogens is 2. The third kappa shape index (κ3) is 1.88. The number of carbonyl (C=O) groups is 1. The summed E-state index contributed by atoms with van der Waals surface area (Å²) in [5.74, 6) is -0.825. The Morgan fingerprint density at radius 3 is 2.69 bits per heavy atom. The number of hydrogen-bond acceptors (Lipinski definition) is 2. The smallest absolute Gasteiger partial charge is 0.339 e. The quantitative estimate of drug-likeness (QED) is 0.713. The number of methoxy groups -OCH3 is 1. The standard InChI is InChI=1S/C9H8BrFO2/c1-5-7(11)4-3-6(8(5)10)9(12)13-2/h3-4H,1-2H3. The summed E-state index contributed by atoms with van der Waals surface area (Å²) in [6.07, 6.45) is 0. The summed E-state index contributed by atoms with van der Waals surface area (Å²) in [4.78, 5) is 11.1. The molecule has 2 nitrogen and oxygen atoms in total. The van der Waals surface area contributed by atoms with E-state index in [4.69, 9.17) is 0 Å². The maximum absolute atomic E-state index is 12.9. The van der Waals surface area contributed by atoms with Crippen LogP contribution in [0.3, 0.4) is 0 Å². The van der Waals surface area contributed by atoms with Gasteiger partial charge in [-0.15, -0.1) is 0 Å². The second kappa shape index (κ2) is 3.87. The van der Waals surface area contributed by atoms with Gasteiger partial charge in [0.15, 0.2) is 0 Å². The monoisotopic (exact) mass is 246 g/mol. The molecule has 4 heteroatoms. The van der Waals surface area contributed by atoms with E-state index < -0.39 is 5.97 Å². The van der Waals surface area contributed by atoms with E-state index in [1.807, 2.05) is 0 Å². The molecule has 0 aliphatic rings. The van der Waals surface area contributed by atoms with Gasteiger partial charge in [0.05, 0.1) is 12.7 Å². The van der Waals surface area contributed by atoms with E-state index in [9.17, 15) is 9.18 Å². The molecule has 1 aromatic rings. The molecule has 0 radical (unpaired) electrons. The summed E-state index contributed by atoms with van der Waals surface area (Å²) in [6, 6.07) is 2.63. The summed E-state index contributed by atoms with van der Waals surface area (Å²) >= 11 is 3.13. The van der Waals surface area contributed by atoms with E-state index in [2.05, 4.69) is 20.7 Å². The first-order valence-electron chi connectivity index (χ1n) is 3.61. The number of benzene rings is 1. The van der Waals surface area contributed by atoms with Crippen LogP contribution < -0.4 is 0 Å². The number of carbonyl (C=O) groups excluding carboxylic acids is 1. The second-order valence-corrected chi connectivity index (χ2v) is 3.32. The molecule has 0 spiro atoms. The topological polar surface area (TPSA) is 26.3 Å². The fourth-order valence-corrected chi connectivity index (χ4v) is 1.41. The van der Waals surface area contributed by atoms with Crippen LogP contribution in [0.4, 0.5) is 4.39 Å². The van der Waals surface area contributed by atoms with Gasteiger partial charge in [0.1, 0.15) is 5.82 Å². The third-order valence-electron chi connectivity index (χ3n) is 1.73. The van der Waals surface area contributed by atoms with Gasteiger partial charge in [-0.2, -0.15) is 0 Å². The van der Waals surface area contributed by atoms with E-state index in [1.54, 1.807) is 6.92 Å². The minimum atomic E-state index is -0.477. The Morgan fingerprint density at radius 2 is 2.15 bits per heavy atom. The molecule has 0 heterocycles. The van der Waals surface area contributed by atoms with E-state index in [1.165, 1.54) is 19.2 Å². The molecule has 0 saturated heterocycles. The minimum absolute atomic E-state index is 0.335. The molecular formula is C9H8BrFO2. The lowest BCUT2D eigenvalue weighted by Gasteiger charge is -2.05. The molecule has 0 fully saturated rings. The van der Waals surface area contributed by atoms with Crippen LogP contribution in [-0.2, 0) is 4.74 Å². The van der Waals surface area contributed by atoms with Gasteiger partial charge >= 0.3 is 5.97 Å². The zero-order valence-corrected chi connectivity index (χ0v) is 8.81. The average molecular weight is 247 g/mol. The molecule has 0 bridgehead atoms. The van der Waals surface area contributed by atoms with E-state index in [0.29, 0.717) is 15.6 Å². The highest BCUT2D eigenvalue weighted by Gasteiger charge is 2.13. The number of ether oxygens (including phenoxy) is 1. The molecule has 70 valence electrons. The van der Waals surface area contributed by atoms with E-state index >= 15 is 0 Å². The zero-order chi connectivity index (χ0) is 10.0. The molecule has 0 amide bonds. The first-order chi connectivity index (χ1) is 6.07. The average Bonchev–Trinajstić information content (AvgIpc) is 2.13. The molecule has 0 aromatic heterocycles. The van der Waals surface area contributed by atoms with Crippen molar-refractivity contribution in [1.82, 2.24) is 0 Å². The second-order valence-electron chi connectivity index (χ2n) is 2.53. The number of hydrogen-bond donors (Lipinski definition) is 0. The summed E-state index contributed by atoms with van der Waals surface area (Å²) < 4.78 is 17.9. The molecule has 0 unspecified atom stereocenters. The summed E-state index contributed by atoms with van der Waals surface area (Å²) in [5.41, 5.74) is 0.740. The van der Waals surface area contributed by atoms with Crippen LogP contribution >= 0.6 is 15.9 Å². The lowest BCUT2D eigenvalue weighted by molar-refractivity contribution is 0.0599. The van der Waals surface area contributed by atoms with Crippen molar-refractivity contribution in [2.75, 3.05) is 7.11 Å². The van der Waals surface area contributed by atoms with Crippen LogP contribution in [-0.4, -0.2) is 13.1 Å². The van der Waals surface area contributed by atoms with Gasteiger partial charge in [0.25, 0.3) is 0 Å². The molecule has 0 atom stereocenters. The van der Waals surface area contributed by atoms with Crippen molar-refractivity contribution >= 4 is 21.9 Å². The van der Waals surface area contributed by atoms with Crippen LogP contribution in [0.2, 0.25) is 0 Å². The van der Waals surface area contributed by atoms with Gasteiger partial charge < -0.3 is 4.74 Å². The predicted molar refractivity (Wildman–Crippen MR) is 50.2 cm³/mol.